The van der Waals surface area contributed by atoms with Crippen molar-refractivity contribution in [3.63, 3.8) is 0 Å². The molecule has 2 aliphatic rings. The number of aryl methyl sites for hydroxylation is 1. The number of hydrogen-bond donors (Lipinski definition) is 1. The second-order valence-corrected chi connectivity index (χ2v) is 12.3. The third kappa shape index (κ3) is 3.61. The number of rotatable bonds is 1. The van der Waals surface area contributed by atoms with Gasteiger partial charge in [0.2, 0.25) is 0 Å². The van der Waals surface area contributed by atoms with Crippen molar-refractivity contribution in [2.24, 2.45) is 0 Å². The second kappa shape index (κ2) is 7.76. The molecule has 5 rings (SSSR count). The highest BCUT2D eigenvalue weighted by Gasteiger charge is 2.53. The molecule has 1 fully saturated rings. The van der Waals surface area contributed by atoms with E-state index in [-0.39, 0.29) is 69.4 Å². The molecule has 2 aliphatic heterocycles. The highest BCUT2D eigenvalue weighted by Crippen LogP contribution is 2.45. The van der Waals surface area contributed by atoms with Crippen LogP contribution < -0.4 is 5.73 Å². The van der Waals surface area contributed by atoms with Gasteiger partial charge in [-0.05, 0) is 44.0 Å². The maximum absolute atomic E-state index is 13.5. The summed E-state index contributed by atoms with van der Waals surface area (Å²) in [6, 6.07) is 6.69. The Morgan fingerprint density at radius 1 is 1.17 bits per heavy atom. The molecule has 2 aromatic heterocycles. The number of anilines is 1. The molecule has 1 spiro atoms. The number of amides is 1. The third-order valence-corrected chi connectivity index (χ3v) is 10.4. The van der Waals surface area contributed by atoms with Gasteiger partial charge < -0.3 is 10.6 Å². The molecule has 2 N–H and O–H groups in total. The Hall–Kier alpha value is -2.99. The van der Waals surface area contributed by atoms with Gasteiger partial charge in [0.25, 0.3) is 5.91 Å². The lowest BCUT2D eigenvalue weighted by Gasteiger charge is -2.43. The van der Waals surface area contributed by atoms with Crippen molar-refractivity contribution in [2.45, 2.75) is 42.0 Å². The van der Waals surface area contributed by atoms with Crippen LogP contribution >= 0.6 is 11.3 Å². The Kier molecular flexibility index (Phi) is 5.26. The van der Waals surface area contributed by atoms with Crippen LogP contribution in [0.15, 0.2) is 35.2 Å². The summed E-state index contributed by atoms with van der Waals surface area (Å²) in [5, 5.41) is 0.262. The number of fused-ring (bicyclic) bond motifs is 2. The lowest BCUT2D eigenvalue weighted by Crippen LogP contribution is -2.53. The summed E-state index contributed by atoms with van der Waals surface area (Å²) in [5.41, 5.74) is 5.98. The monoisotopic (exact) mass is 523 g/mol. The van der Waals surface area contributed by atoms with Crippen molar-refractivity contribution in [3.8, 4) is 0 Å². The first kappa shape index (κ1) is 23.7. The Bertz CT molecular complexity index is 1500. The summed E-state index contributed by atoms with van der Waals surface area (Å²) in [6.45, 7) is 1.92. The molecule has 7 nitrogen and oxygen atoms in total. The first-order valence-electron chi connectivity index (χ1n) is 10.8. The molecule has 0 atom stereocenters. The number of Topliss-reactive ketones (excluding diaryl/α,β-unsaturated/α-hetero) is 1. The number of likely N-dealkylation sites (tertiary alicyclic amines) is 1. The van der Waals surface area contributed by atoms with Crippen LogP contribution in [-0.2, 0) is 16.0 Å². The number of halogens is 3. The van der Waals surface area contributed by atoms with Crippen molar-refractivity contribution < 1.29 is 31.2 Å². The van der Waals surface area contributed by atoms with Gasteiger partial charge in [0.1, 0.15) is 15.5 Å². The molecule has 1 saturated heterocycles. The third-order valence-electron chi connectivity index (χ3n) is 6.83. The summed E-state index contributed by atoms with van der Waals surface area (Å²) in [6.07, 6.45) is -4.64. The lowest BCUT2D eigenvalue weighted by molar-refractivity contribution is -0.140. The number of thiophene rings is 1. The molecule has 0 aliphatic carbocycles. The first-order valence-corrected chi connectivity index (χ1v) is 13.1. The number of ketones is 1. The first-order chi connectivity index (χ1) is 16.3. The zero-order valence-corrected chi connectivity index (χ0v) is 20.1. The fourth-order valence-corrected chi connectivity index (χ4v) is 8.06. The van der Waals surface area contributed by atoms with Gasteiger partial charge in [-0.15, -0.1) is 0 Å². The number of sulfone groups is 1. The van der Waals surface area contributed by atoms with E-state index in [9.17, 15) is 31.2 Å². The van der Waals surface area contributed by atoms with Gasteiger partial charge in [-0.3, -0.25) is 9.59 Å². The highest BCUT2D eigenvalue weighted by molar-refractivity contribution is 7.93. The molecule has 0 radical (unpaired) electrons. The van der Waals surface area contributed by atoms with E-state index in [0.29, 0.717) is 0 Å². The Morgan fingerprint density at radius 3 is 2.51 bits per heavy atom. The van der Waals surface area contributed by atoms with Crippen molar-refractivity contribution in [1.29, 1.82) is 0 Å². The zero-order valence-electron chi connectivity index (χ0n) is 18.5. The summed E-state index contributed by atoms with van der Waals surface area (Å²) in [7, 11) is -3.82. The molecule has 12 heteroatoms. The molecule has 1 aromatic carbocycles. The standard InChI is InChI=1S/C23H20F3N3O4S2/c1-12-2-4-16-14(10-12)15(30)11-22(35(16,32)33)6-8-29(9-7-22)21(31)18-13-3-5-17(23(24,25)26)28-20(13)34-19(18)27/h2-5,10H,6-9,11,27H2,1H3. The van der Waals surface area contributed by atoms with Gasteiger partial charge in [-0.1, -0.05) is 23.0 Å². The predicted molar refractivity (Wildman–Crippen MR) is 124 cm³/mol. The number of pyridine rings is 1. The lowest BCUT2D eigenvalue weighted by atomic mass is 9.87. The second-order valence-electron chi connectivity index (χ2n) is 8.97. The maximum atomic E-state index is 13.5. The molecular formula is C23H20F3N3O4S2. The number of nitrogen functional groups attached to an aromatic ring is 1. The van der Waals surface area contributed by atoms with Crippen molar-refractivity contribution >= 4 is 48.1 Å². The molecule has 184 valence electrons. The molecule has 0 saturated carbocycles. The Morgan fingerprint density at radius 2 is 1.86 bits per heavy atom. The molecular weight excluding hydrogens is 503 g/mol. The van der Waals surface area contributed by atoms with Crippen molar-refractivity contribution in [2.75, 3.05) is 18.8 Å². The predicted octanol–water partition coefficient (Wildman–Crippen LogP) is 4.24. The van der Waals surface area contributed by atoms with E-state index in [0.717, 1.165) is 23.0 Å². The van der Waals surface area contributed by atoms with Crippen LogP contribution in [0.5, 0.6) is 0 Å². The number of nitrogens with two attached hydrogens (primary N) is 1. The van der Waals surface area contributed by atoms with E-state index in [4.69, 9.17) is 5.73 Å². The molecule has 35 heavy (non-hydrogen) atoms. The van der Waals surface area contributed by atoms with Gasteiger partial charge in [-0.25, -0.2) is 13.4 Å². The minimum Gasteiger partial charge on any atom is -0.390 e. The number of carbonyl (C=O) groups is 2. The van der Waals surface area contributed by atoms with Gasteiger partial charge in [0, 0.05) is 30.5 Å². The van der Waals surface area contributed by atoms with Crippen LogP contribution in [0.3, 0.4) is 0 Å². The number of hydrogen-bond acceptors (Lipinski definition) is 7. The van der Waals surface area contributed by atoms with E-state index < -0.39 is 32.4 Å². The van der Waals surface area contributed by atoms with Gasteiger partial charge >= 0.3 is 6.18 Å². The SMILES string of the molecule is Cc1ccc2c(c1)C(=O)CC1(CCN(C(=O)c3c(N)sc4nc(C(F)(F)F)ccc34)CC1)S2(=O)=O. The largest absolute Gasteiger partial charge is 0.433 e. The van der Waals surface area contributed by atoms with E-state index in [1.165, 1.54) is 17.0 Å². The fourth-order valence-electron chi connectivity index (χ4n) is 4.91. The van der Waals surface area contributed by atoms with Crippen LogP contribution in [0.4, 0.5) is 18.2 Å². The maximum Gasteiger partial charge on any atom is 0.433 e. The smallest absolute Gasteiger partial charge is 0.390 e. The van der Waals surface area contributed by atoms with Crippen LogP contribution in [0.25, 0.3) is 10.2 Å². The topological polar surface area (TPSA) is 110 Å². The number of carbonyl (C=O) groups excluding carboxylic acids is 2. The van der Waals surface area contributed by atoms with Crippen LogP contribution in [0, 0.1) is 6.92 Å². The van der Waals surface area contributed by atoms with Crippen LogP contribution in [0.1, 0.15) is 51.2 Å². The van der Waals surface area contributed by atoms with E-state index >= 15 is 0 Å². The molecule has 0 unspecified atom stereocenters. The average molecular weight is 524 g/mol. The van der Waals surface area contributed by atoms with Crippen LogP contribution in [-0.4, -0.2) is 47.8 Å². The molecule has 4 heterocycles. The number of nitrogens with zero attached hydrogens (tertiary/aromatic N) is 2. The number of benzene rings is 1. The van der Waals surface area contributed by atoms with Gasteiger partial charge in [0.15, 0.2) is 15.6 Å². The van der Waals surface area contributed by atoms with Gasteiger partial charge in [0.05, 0.1) is 15.2 Å². The summed E-state index contributed by atoms with van der Waals surface area (Å²) >= 11 is 0.795. The Labute approximate surface area is 202 Å². The van der Waals surface area contributed by atoms with Gasteiger partial charge in [-0.2, -0.15) is 13.2 Å². The van der Waals surface area contributed by atoms with Crippen LogP contribution in [0.2, 0.25) is 0 Å². The molecule has 0 bridgehead atoms. The van der Waals surface area contributed by atoms with E-state index in [1.54, 1.807) is 19.1 Å². The number of aromatic nitrogens is 1. The minimum absolute atomic E-state index is 0.00140. The van der Waals surface area contributed by atoms with E-state index in [2.05, 4.69) is 4.98 Å². The average Bonchev–Trinajstić information content (AvgIpc) is 3.12. The minimum atomic E-state index is -4.63. The highest BCUT2D eigenvalue weighted by atomic mass is 32.2. The number of piperidine rings is 1. The summed E-state index contributed by atoms with van der Waals surface area (Å²) in [5.74, 6) is -0.737. The van der Waals surface area contributed by atoms with Crippen molar-refractivity contribution in [3.05, 3.63) is 52.7 Å². The zero-order chi connectivity index (χ0) is 25.3. The Balaban J connectivity index is 1.43. The van der Waals surface area contributed by atoms with Crippen molar-refractivity contribution in [1.82, 2.24) is 9.88 Å². The normalized spacial score (nSPS) is 19.2. The molecule has 1 amide bonds. The molecule has 3 aromatic rings. The summed E-state index contributed by atoms with van der Waals surface area (Å²) in [4.78, 5) is 31.2. The van der Waals surface area contributed by atoms with E-state index in [1.807, 2.05) is 0 Å². The fraction of sp³-hybridized carbons (Fsp3) is 0.348. The summed E-state index contributed by atoms with van der Waals surface area (Å²) < 4.78 is 64.8. The quantitative estimate of drug-likeness (QED) is 0.511. The number of alkyl halides is 3.